The van der Waals surface area contributed by atoms with Gasteiger partial charge < -0.3 is 10.6 Å². The fourth-order valence-electron chi connectivity index (χ4n) is 2.76. The number of nitro groups is 1. The molecule has 1 aromatic carbocycles. The van der Waals surface area contributed by atoms with Gasteiger partial charge in [-0.3, -0.25) is 19.8 Å². The average Bonchev–Trinajstić information content (AvgIpc) is 3.05. The van der Waals surface area contributed by atoms with Crippen LogP contribution in [0.1, 0.15) is 15.2 Å². The first-order valence-electron chi connectivity index (χ1n) is 7.63. The van der Waals surface area contributed by atoms with Crippen molar-refractivity contribution in [1.29, 1.82) is 0 Å². The normalized spacial score (nSPS) is 14.8. The van der Waals surface area contributed by atoms with Gasteiger partial charge in [0.2, 0.25) is 0 Å². The quantitative estimate of drug-likeness (QED) is 0.498. The second-order valence-corrected chi connectivity index (χ2v) is 6.77. The summed E-state index contributed by atoms with van der Waals surface area (Å²) in [5, 5.41) is 10.7. The Balaban J connectivity index is 0.00000225. The van der Waals surface area contributed by atoms with Crippen molar-refractivity contribution in [3.63, 3.8) is 0 Å². The molecule has 1 saturated heterocycles. The first-order chi connectivity index (χ1) is 11.5. The van der Waals surface area contributed by atoms with E-state index in [2.05, 4.69) is 4.90 Å². The summed E-state index contributed by atoms with van der Waals surface area (Å²) in [6.07, 6.45) is 0. The number of benzene rings is 1. The molecule has 0 radical (unpaired) electrons. The van der Waals surface area contributed by atoms with Crippen LogP contribution < -0.4 is 5.73 Å². The summed E-state index contributed by atoms with van der Waals surface area (Å²) < 4.78 is 0. The molecule has 0 bridgehead atoms. The number of halogens is 1. The number of carbonyl (C=O) groups excluding carboxylic acids is 1. The zero-order valence-corrected chi connectivity index (χ0v) is 15.1. The van der Waals surface area contributed by atoms with Crippen LogP contribution in [0.15, 0.2) is 36.4 Å². The van der Waals surface area contributed by atoms with Gasteiger partial charge in [-0.05, 0) is 23.8 Å². The molecule has 9 heteroatoms. The Kier molecular flexibility index (Phi) is 6.35. The lowest BCUT2D eigenvalue weighted by Crippen LogP contribution is -2.48. The summed E-state index contributed by atoms with van der Waals surface area (Å²) in [7, 11) is 0. The zero-order valence-electron chi connectivity index (χ0n) is 13.5. The average molecular weight is 383 g/mol. The third-order valence-electron chi connectivity index (χ3n) is 4.00. The molecule has 0 atom stereocenters. The maximum absolute atomic E-state index is 12.4. The van der Waals surface area contributed by atoms with Crippen LogP contribution in [0.25, 0.3) is 0 Å². The second-order valence-electron chi connectivity index (χ2n) is 5.71. The molecule has 0 unspecified atom stereocenters. The Morgan fingerprint density at radius 1 is 1.20 bits per heavy atom. The van der Waals surface area contributed by atoms with Crippen LogP contribution in [0.5, 0.6) is 0 Å². The third kappa shape index (κ3) is 4.68. The van der Waals surface area contributed by atoms with Gasteiger partial charge in [-0.15, -0.1) is 12.4 Å². The number of nitrogen functional groups attached to an aromatic ring is 1. The third-order valence-corrected chi connectivity index (χ3v) is 5.02. The summed E-state index contributed by atoms with van der Waals surface area (Å²) >= 11 is 0.930. The van der Waals surface area contributed by atoms with Crippen molar-refractivity contribution in [3.05, 3.63) is 57.0 Å². The monoisotopic (exact) mass is 382 g/mol. The van der Waals surface area contributed by atoms with E-state index in [0.717, 1.165) is 42.2 Å². The smallest absolute Gasteiger partial charge is 0.324 e. The van der Waals surface area contributed by atoms with Crippen molar-refractivity contribution in [3.8, 4) is 0 Å². The zero-order chi connectivity index (χ0) is 17.1. The van der Waals surface area contributed by atoms with E-state index in [1.54, 1.807) is 4.90 Å². The SMILES string of the molecule is Cl.Nc1cccc(CN2CCN(C(=O)c3ccc([N+](=O)[O-])s3)CC2)c1. The van der Waals surface area contributed by atoms with Gasteiger partial charge in [-0.25, -0.2) is 0 Å². The fourth-order valence-corrected chi connectivity index (χ4v) is 3.54. The highest BCUT2D eigenvalue weighted by Gasteiger charge is 2.24. The van der Waals surface area contributed by atoms with Crippen molar-refractivity contribution in [2.75, 3.05) is 31.9 Å². The number of nitrogens with two attached hydrogens (primary N) is 1. The summed E-state index contributed by atoms with van der Waals surface area (Å²) in [5.74, 6) is -0.128. The topological polar surface area (TPSA) is 92.7 Å². The number of hydrogen-bond acceptors (Lipinski definition) is 6. The molecule has 1 aliphatic rings. The van der Waals surface area contributed by atoms with E-state index < -0.39 is 4.92 Å². The Labute approximate surface area is 155 Å². The van der Waals surface area contributed by atoms with E-state index in [4.69, 9.17) is 5.73 Å². The molecule has 1 amide bonds. The lowest BCUT2D eigenvalue weighted by Gasteiger charge is -2.34. The molecule has 1 fully saturated rings. The molecule has 1 aliphatic heterocycles. The highest BCUT2D eigenvalue weighted by molar-refractivity contribution is 7.17. The lowest BCUT2D eigenvalue weighted by molar-refractivity contribution is -0.380. The van der Waals surface area contributed by atoms with Crippen molar-refractivity contribution in [2.24, 2.45) is 0 Å². The molecule has 2 heterocycles. The van der Waals surface area contributed by atoms with Crippen molar-refractivity contribution in [1.82, 2.24) is 9.80 Å². The van der Waals surface area contributed by atoms with E-state index in [0.29, 0.717) is 18.0 Å². The fraction of sp³-hybridized carbons (Fsp3) is 0.312. The van der Waals surface area contributed by atoms with Crippen molar-refractivity contribution < 1.29 is 9.72 Å². The molecule has 0 spiro atoms. The van der Waals surface area contributed by atoms with Crippen LogP contribution in [-0.4, -0.2) is 46.8 Å². The van der Waals surface area contributed by atoms with Gasteiger partial charge in [0.15, 0.2) is 0 Å². The van der Waals surface area contributed by atoms with E-state index in [9.17, 15) is 14.9 Å². The molecule has 1 aromatic heterocycles. The largest absolute Gasteiger partial charge is 0.399 e. The van der Waals surface area contributed by atoms with E-state index in [-0.39, 0.29) is 23.3 Å². The minimum Gasteiger partial charge on any atom is -0.399 e. The summed E-state index contributed by atoms with van der Waals surface area (Å²) in [6, 6.07) is 10.7. The van der Waals surface area contributed by atoms with Crippen molar-refractivity contribution in [2.45, 2.75) is 6.54 Å². The maximum Gasteiger partial charge on any atom is 0.324 e. The number of rotatable bonds is 4. The predicted octanol–water partition coefficient (Wildman–Crippen LogP) is 2.62. The molecular formula is C16H19ClN4O3S. The van der Waals surface area contributed by atoms with Crippen LogP contribution >= 0.6 is 23.7 Å². The van der Waals surface area contributed by atoms with Crippen LogP contribution in [0.3, 0.4) is 0 Å². The Morgan fingerprint density at radius 3 is 2.52 bits per heavy atom. The highest BCUT2D eigenvalue weighted by atomic mass is 35.5. The molecule has 0 aliphatic carbocycles. The first kappa shape index (κ1) is 19.2. The van der Waals surface area contributed by atoms with Crippen LogP contribution in [-0.2, 0) is 6.54 Å². The minimum atomic E-state index is -0.467. The Hall–Kier alpha value is -2.16. The van der Waals surface area contributed by atoms with E-state index >= 15 is 0 Å². The van der Waals surface area contributed by atoms with Gasteiger partial charge in [0.05, 0.1) is 9.80 Å². The number of amides is 1. The number of piperazine rings is 1. The van der Waals surface area contributed by atoms with E-state index in [1.807, 2.05) is 24.3 Å². The molecule has 134 valence electrons. The van der Waals surface area contributed by atoms with E-state index in [1.165, 1.54) is 12.1 Å². The van der Waals surface area contributed by atoms with Gasteiger partial charge >= 0.3 is 5.00 Å². The number of hydrogen-bond donors (Lipinski definition) is 1. The minimum absolute atomic E-state index is 0. The molecule has 7 nitrogen and oxygen atoms in total. The van der Waals surface area contributed by atoms with Crippen LogP contribution in [0.4, 0.5) is 10.7 Å². The molecule has 3 rings (SSSR count). The maximum atomic E-state index is 12.4. The van der Waals surface area contributed by atoms with Crippen molar-refractivity contribution >= 4 is 40.3 Å². The van der Waals surface area contributed by atoms with Crippen LogP contribution in [0, 0.1) is 10.1 Å². The second kappa shape index (κ2) is 8.28. The van der Waals surface area contributed by atoms with Gasteiger partial charge in [-0.2, -0.15) is 0 Å². The lowest BCUT2D eigenvalue weighted by atomic mass is 10.1. The summed E-state index contributed by atoms with van der Waals surface area (Å²) in [4.78, 5) is 27.1. The summed E-state index contributed by atoms with van der Waals surface area (Å²) in [5.41, 5.74) is 7.70. The molecule has 2 aromatic rings. The molecular weight excluding hydrogens is 364 g/mol. The number of thiophene rings is 1. The van der Waals surface area contributed by atoms with Crippen LogP contribution in [0.2, 0.25) is 0 Å². The standard InChI is InChI=1S/C16H18N4O3S.ClH/c17-13-3-1-2-12(10-13)11-18-6-8-19(9-7-18)16(21)14-4-5-15(24-14)20(22)23;/h1-5,10H,6-9,11,17H2;1H. The Morgan fingerprint density at radius 2 is 1.92 bits per heavy atom. The number of nitrogens with zero attached hydrogens (tertiary/aromatic N) is 3. The summed E-state index contributed by atoms with van der Waals surface area (Å²) in [6.45, 7) is 3.58. The number of anilines is 1. The highest BCUT2D eigenvalue weighted by Crippen LogP contribution is 2.25. The van der Waals surface area contributed by atoms with Gasteiger partial charge in [0.25, 0.3) is 5.91 Å². The molecule has 25 heavy (non-hydrogen) atoms. The molecule has 2 N–H and O–H groups in total. The van der Waals surface area contributed by atoms with Gasteiger partial charge in [0, 0.05) is 44.5 Å². The predicted molar refractivity (Wildman–Crippen MR) is 100 cm³/mol. The molecule has 0 saturated carbocycles. The Bertz CT molecular complexity index is 759. The van der Waals surface area contributed by atoms with Gasteiger partial charge in [0.1, 0.15) is 0 Å². The first-order valence-corrected chi connectivity index (χ1v) is 8.45. The van der Waals surface area contributed by atoms with Gasteiger partial charge in [-0.1, -0.05) is 23.5 Å². The number of carbonyl (C=O) groups is 1.